The molecule has 176 valence electrons. The van der Waals surface area contributed by atoms with Crippen molar-refractivity contribution in [2.75, 3.05) is 20.2 Å². The molecule has 7 nitrogen and oxygen atoms in total. The molecule has 1 N–H and O–H groups in total. The van der Waals surface area contributed by atoms with Crippen LogP contribution in [0.15, 0.2) is 17.9 Å². The molecule has 0 bridgehead atoms. The molecule has 0 saturated carbocycles. The zero-order chi connectivity index (χ0) is 24.3. The Labute approximate surface area is 194 Å². The van der Waals surface area contributed by atoms with Crippen LogP contribution in [-0.2, 0) is 19.1 Å². The third-order valence-electron chi connectivity index (χ3n) is 6.55. The highest BCUT2D eigenvalue weighted by atomic mass is 16.7. The molecular weight excluding hydrogens is 422 g/mol. The minimum Gasteiger partial charge on any atom is -0.437 e. The third kappa shape index (κ3) is 5.12. The van der Waals surface area contributed by atoms with E-state index < -0.39 is 17.7 Å². The van der Waals surface area contributed by atoms with E-state index in [-0.39, 0.29) is 11.7 Å². The fraction of sp³-hybridized carbons (Fsp3) is 0.500. The molecule has 1 amide bonds. The van der Waals surface area contributed by atoms with Gasteiger partial charge in [-0.1, -0.05) is 5.92 Å². The first-order valence-corrected chi connectivity index (χ1v) is 11.1. The minimum atomic E-state index is -1.05. The van der Waals surface area contributed by atoms with Gasteiger partial charge < -0.3 is 19.5 Å². The summed E-state index contributed by atoms with van der Waals surface area (Å²) >= 11 is 0. The van der Waals surface area contributed by atoms with Crippen LogP contribution < -0.4 is 0 Å². The number of likely N-dealkylation sites (tertiary alicyclic amines) is 1. The van der Waals surface area contributed by atoms with E-state index in [1.807, 2.05) is 26.0 Å². The number of nitrogens with zero attached hydrogens (tertiary/aromatic N) is 1. The number of aliphatic hydroxyl groups excluding tert-OH is 1. The lowest BCUT2D eigenvalue weighted by Gasteiger charge is -2.44. The molecule has 3 rings (SSSR count). The first kappa shape index (κ1) is 24.5. The highest BCUT2D eigenvalue weighted by molar-refractivity contribution is 6.23. The van der Waals surface area contributed by atoms with Gasteiger partial charge in [-0.25, -0.2) is 4.79 Å². The van der Waals surface area contributed by atoms with Gasteiger partial charge in [0, 0.05) is 31.5 Å². The molecular formula is C26H31NO6. The zero-order valence-corrected chi connectivity index (χ0v) is 19.9. The largest absolute Gasteiger partial charge is 0.513 e. The van der Waals surface area contributed by atoms with E-state index in [0.29, 0.717) is 50.1 Å². The topological polar surface area (TPSA) is 93.1 Å². The number of piperidine rings is 1. The van der Waals surface area contributed by atoms with Gasteiger partial charge in [0.2, 0.25) is 0 Å². The number of ketones is 1. The molecule has 0 aromatic heterocycles. The first-order valence-electron chi connectivity index (χ1n) is 11.1. The summed E-state index contributed by atoms with van der Waals surface area (Å²) in [7, 11) is 1.23. The van der Waals surface area contributed by atoms with Crippen LogP contribution >= 0.6 is 0 Å². The number of allylic oxidation sites excluding steroid dienone is 2. The fourth-order valence-electron chi connectivity index (χ4n) is 4.98. The predicted molar refractivity (Wildman–Crippen MR) is 123 cm³/mol. The van der Waals surface area contributed by atoms with Crippen molar-refractivity contribution in [3.63, 3.8) is 0 Å². The number of ether oxygens (including phenoxy) is 2. The van der Waals surface area contributed by atoms with E-state index in [9.17, 15) is 19.5 Å². The van der Waals surface area contributed by atoms with E-state index in [4.69, 9.17) is 9.47 Å². The van der Waals surface area contributed by atoms with Crippen LogP contribution in [0.2, 0.25) is 0 Å². The lowest BCUT2D eigenvalue weighted by Crippen LogP contribution is -2.48. The van der Waals surface area contributed by atoms with Crippen molar-refractivity contribution in [2.24, 2.45) is 5.41 Å². The van der Waals surface area contributed by atoms with Gasteiger partial charge in [0.25, 0.3) is 5.91 Å². The highest BCUT2D eigenvalue weighted by Gasteiger charge is 2.45. The maximum absolute atomic E-state index is 13.5. The second-order valence-electron chi connectivity index (χ2n) is 8.99. The molecule has 2 aliphatic rings. The number of hydrogen-bond donors (Lipinski definition) is 1. The SMILES string of the molecule is CC#Cc1cc(C)c(C2=C(OC(=O)OC)CC3(CCN(C(=O)C(C)O)CC3)CC2=O)c(C)c1. The Balaban J connectivity index is 2.01. The standard InChI is InChI=1S/C26H31NO6/c1-6-7-19-12-16(2)22(17(3)13-19)23-20(29)14-26(15-21(23)33-25(31)32-5)8-10-27(11-9-26)24(30)18(4)28/h12-13,18,28H,8-11,14-15H2,1-5H3. The lowest BCUT2D eigenvalue weighted by atomic mass is 9.66. The average Bonchev–Trinajstić information content (AvgIpc) is 2.75. The van der Waals surface area contributed by atoms with Crippen molar-refractivity contribution in [3.05, 3.63) is 40.1 Å². The Bertz CT molecular complexity index is 1040. The summed E-state index contributed by atoms with van der Waals surface area (Å²) in [5.41, 5.74) is 3.40. The van der Waals surface area contributed by atoms with Gasteiger partial charge in [0.05, 0.1) is 12.7 Å². The number of amides is 1. The number of aliphatic hydroxyl groups is 1. The van der Waals surface area contributed by atoms with Crippen LogP contribution in [-0.4, -0.2) is 54.2 Å². The van der Waals surface area contributed by atoms with Crippen LogP contribution in [0.4, 0.5) is 4.79 Å². The van der Waals surface area contributed by atoms with Gasteiger partial charge in [-0.2, -0.15) is 0 Å². The number of benzene rings is 1. The highest BCUT2D eigenvalue weighted by Crippen LogP contribution is 2.48. The third-order valence-corrected chi connectivity index (χ3v) is 6.55. The van der Waals surface area contributed by atoms with Crippen molar-refractivity contribution in [3.8, 4) is 11.8 Å². The Hall–Kier alpha value is -3.11. The van der Waals surface area contributed by atoms with Crippen molar-refractivity contribution in [1.29, 1.82) is 0 Å². The van der Waals surface area contributed by atoms with Crippen LogP contribution in [0, 0.1) is 31.1 Å². The number of carbonyl (C=O) groups excluding carboxylic acids is 3. The Kier molecular flexibility index (Phi) is 7.28. The number of rotatable bonds is 3. The number of Topliss-reactive ketones (excluding diaryl/α,β-unsaturated/α-hetero) is 1. The summed E-state index contributed by atoms with van der Waals surface area (Å²) in [5, 5.41) is 9.62. The molecule has 33 heavy (non-hydrogen) atoms. The summed E-state index contributed by atoms with van der Waals surface area (Å²) in [6.07, 6.45) is -0.0401. The van der Waals surface area contributed by atoms with Crippen LogP contribution in [0.5, 0.6) is 0 Å². The summed E-state index contributed by atoms with van der Waals surface area (Å²) in [6.45, 7) is 7.96. The van der Waals surface area contributed by atoms with E-state index >= 15 is 0 Å². The lowest BCUT2D eigenvalue weighted by molar-refractivity contribution is -0.142. The molecule has 1 aromatic carbocycles. The number of methoxy groups -OCH3 is 1. The van der Waals surface area contributed by atoms with Gasteiger partial charge in [-0.15, -0.1) is 5.92 Å². The normalized spacial score (nSPS) is 18.5. The van der Waals surface area contributed by atoms with Crippen molar-refractivity contribution in [2.45, 2.75) is 59.5 Å². The van der Waals surface area contributed by atoms with Gasteiger partial charge >= 0.3 is 6.16 Å². The first-order chi connectivity index (χ1) is 15.6. The number of aryl methyl sites for hydroxylation is 2. The molecule has 1 fully saturated rings. The number of carbonyl (C=O) groups is 3. The fourth-order valence-corrected chi connectivity index (χ4v) is 4.98. The van der Waals surface area contributed by atoms with Crippen molar-refractivity contribution < 1.29 is 29.0 Å². The molecule has 1 unspecified atom stereocenters. The zero-order valence-electron chi connectivity index (χ0n) is 19.9. The van der Waals surface area contributed by atoms with Gasteiger partial charge in [0.15, 0.2) is 5.78 Å². The smallest absolute Gasteiger partial charge is 0.437 e. The summed E-state index contributed by atoms with van der Waals surface area (Å²) in [5.74, 6) is 5.85. The Morgan fingerprint density at radius 2 is 1.76 bits per heavy atom. The maximum Gasteiger partial charge on any atom is 0.513 e. The van der Waals surface area contributed by atoms with Crippen molar-refractivity contribution in [1.82, 2.24) is 4.90 Å². The molecule has 1 aliphatic heterocycles. The maximum atomic E-state index is 13.5. The second kappa shape index (κ2) is 9.80. The van der Waals surface area contributed by atoms with Gasteiger partial charge in [-0.3, -0.25) is 9.59 Å². The second-order valence-corrected chi connectivity index (χ2v) is 8.99. The predicted octanol–water partition coefficient (Wildman–Crippen LogP) is 3.52. The average molecular weight is 454 g/mol. The van der Waals surface area contributed by atoms with E-state index in [2.05, 4.69) is 11.8 Å². The van der Waals surface area contributed by atoms with E-state index in [1.165, 1.54) is 14.0 Å². The van der Waals surface area contributed by atoms with Gasteiger partial charge in [-0.05, 0) is 74.8 Å². The minimum absolute atomic E-state index is 0.0871. The van der Waals surface area contributed by atoms with E-state index in [0.717, 1.165) is 22.3 Å². The van der Waals surface area contributed by atoms with Crippen molar-refractivity contribution >= 4 is 23.4 Å². The Morgan fingerprint density at radius 3 is 2.27 bits per heavy atom. The van der Waals surface area contributed by atoms with Crippen LogP contribution in [0.1, 0.15) is 61.8 Å². The quantitative estimate of drug-likeness (QED) is 0.556. The van der Waals surface area contributed by atoms with Gasteiger partial charge in [0.1, 0.15) is 11.9 Å². The molecule has 1 atom stereocenters. The molecule has 1 aromatic rings. The van der Waals surface area contributed by atoms with Crippen LogP contribution in [0.3, 0.4) is 0 Å². The number of hydrogen-bond acceptors (Lipinski definition) is 6. The molecule has 1 saturated heterocycles. The molecule has 1 spiro atoms. The molecule has 7 heteroatoms. The Morgan fingerprint density at radius 1 is 1.15 bits per heavy atom. The molecule has 1 aliphatic carbocycles. The van der Waals surface area contributed by atoms with Crippen LogP contribution in [0.25, 0.3) is 5.57 Å². The molecule has 0 radical (unpaired) electrons. The summed E-state index contributed by atoms with van der Waals surface area (Å²) in [4.78, 5) is 39.4. The molecule has 1 heterocycles. The summed E-state index contributed by atoms with van der Waals surface area (Å²) in [6, 6.07) is 3.86. The summed E-state index contributed by atoms with van der Waals surface area (Å²) < 4.78 is 10.3. The van der Waals surface area contributed by atoms with E-state index in [1.54, 1.807) is 11.8 Å². The monoisotopic (exact) mass is 453 g/mol.